The first kappa shape index (κ1) is 14.3. The fourth-order valence-corrected chi connectivity index (χ4v) is 1.67. The molecule has 9 heteroatoms. The van der Waals surface area contributed by atoms with Crippen molar-refractivity contribution in [2.24, 2.45) is 7.05 Å². The number of hydrogen-bond acceptors (Lipinski definition) is 3. The Hall–Kier alpha value is -2.09. The Balaban J connectivity index is 2.32. The standard InChI is InChI=1S/C11H8ClF3N4O/c1-19-5-9(17-18-19)10(20)16-8-3-2-6(12)4-7(8)11(13,14)15/h2-5H,1H3,(H,16,20). The van der Waals surface area contributed by atoms with Gasteiger partial charge in [-0.05, 0) is 18.2 Å². The van der Waals surface area contributed by atoms with Crippen LogP contribution >= 0.6 is 11.6 Å². The van der Waals surface area contributed by atoms with E-state index in [1.165, 1.54) is 24.0 Å². The maximum absolute atomic E-state index is 12.8. The molecule has 106 valence electrons. The van der Waals surface area contributed by atoms with Crippen LogP contribution in [0.5, 0.6) is 0 Å². The number of rotatable bonds is 2. The third-order valence-electron chi connectivity index (χ3n) is 2.37. The highest BCUT2D eigenvalue weighted by molar-refractivity contribution is 6.30. The van der Waals surface area contributed by atoms with Crippen molar-refractivity contribution in [3.8, 4) is 0 Å². The van der Waals surface area contributed by atoms with Crippen molar-refractivity contribution in [1.82, 2.24) is 15.0 Å². The lowest BCUT2D eigenvalue weighted by Gasteiger charge is -2.13. The largest absolute Gasteiger partial charge is 0.418 e. The van der Waals surface area contributed by atoms with Gasteiger partial charge in [0.25, 0.3) is 5.91 Å². The zero-order valence-electron chi connectivity index (χ0n) is 10.1. The summed E-state index contributed by atoms with van der Waals surface area (Å²) in [4.78, 5) is 11.8. The normalized spacial score (nSPS) is 11.4. The van der Waals surface area contributed by atoms with Gasteiger partial charge in [-0.2, -0.15) is 13.2 Å². The second kappa shape index (κ2) is 5.12. The maximum atomic E-state index is 12.8. The number of nitrogens with zero attached hydrogens (tertiary/aromatic N) is 3. The lowest BCUT2D eigenvalue weighted by atomic mass is 10.1. The first-order valence-electron chi connectivity index (χ1n) is 5.32. The zero-order valence-corrected chi connectivity index (χ0v) is 10.8. The van der Waals surface area contributed by atoms with Gasteiger partial charge in [-0.1, -0.05) is 16.8 Å². The minimum absolute atomic E-state index is 0.0742. The lowest BCUT2D eigenvalue weighted by Crippen LogP contribution is -2.17. The van der Waals surface area contributed by atoms with Crippen LogP contribution in [0.3, 0.4) is 0 Å². The van der Waals surface area contributed by atoms with Crippen LogP contribution in [0, 0.1) is 0 Å². The molecule has 0 spiro atoms. The maximum Gasteiger partial charge on any atom is 0.418 e. The SMILES string of the molecule is Cn1cc(C(=O)Nc2ccc(Cl)cc2C(F)(F)F)nn1. The molecule has 1 amide bonds. The summed E-state index contributed by atoms with van der Waals surface area (Å²) in [5.41, 5.74) is -1.50. The molecule has 0 fully saturated rings. The zero-order chi connectivity index (χ0) is 14.9. The van der Waals surface area contributed by atoms with E-state index in [1.54, 1.807) is 0 Å². The molecule has 0 saturated carbocycles. The van der Waals surface area contributed by atoms with Crippen molar-refractivity contribution in [2.75, 3.05) is 5.32 Å². The predicted octanol–water partition coefficient (Wildman–Crippen LogP) is 2.74. The van der Waals surface area contributed by atoms with E-state index >= 15 is 0 Å². The molecule has 5 nitrogen and oxygen atoms in total. The number of amides is 1. The Labute approximate surface area is 116 Å². The predicted molar refractivity (Wildman–Crippen MR) is 65.4 cm³/mol. The molecule has 0 aliphatic rings. The number of halogens is 4. The number of hydrogen-bond donors (Lipinski definition) is 1. The van der Waals surface area contributed by atoms with Crippen LogP contribution in [0.1, 0.15) is 16.1 Å². The molecular weight excluding hydrogens is 297 g/mol. The number of carbonyl (C=O) groups is 1. The highest BCUT2D eigenvalue weighted by Crippen LogP contribution is 2.36. The Morgan fingerprint density at radius 3 is 2.65 bits per heavy atom. The van der Waals surface area contributed by atoms with Crippen LogP contribution in [0.25, 0.3) is 0 Å². The minimum atomic E-state index is -4.63. The van der Waals surface area contributed by atoms with Gasteiger partial charge < -0.3 is 5.32 Å². The van der Waals surface area contributed by atoms with E-state index in [9.17, 15) is 18.0 Å². The summed E-state index contributed by atoms with van der Waals surface area (Å²) in [6.07, 6.45) is -3.34. The molecule has 2 aromatic rings. The summed E-state index contributed by atoms with van der Waals surface area (Å²) in [5.74, 6) is -0.786. The molecule has 0 saturated heterocycles. The van der Waals surface area contributed by atoms with E-state index in [0.29, 0.717) is 0 Å². The fourth-order valence-electron chi connectivity index (χ4n) is 1.50. The first-order chi connectivity index (χ1) is 9.27. The molecule has 1 aromatic carbocycles. The number of anilines is 1. The van der Waals surface area contributed by atoms with Gasteiger partial charge in [0.15, 0.2) is 5.69 Å². The van der Waals surface area contributed by atoms with E-state index in [4.69, 9.17) is 11.6 Å². The van der Waals surface area contributed by atoms with E-state index in [0.717, 1.165) is 12.1 Å². The van der Waals surface area contributed by atoms with Gasteiger partial charge in [0.2, 0.25) is 0 Å². The van der Waals surface area contributed by atoms with Crippen molar-refractivity contribution in [1.29, 1.82) is 0 Å². The van der Waals surface area contributed by atoms with Crippen molar-refractivity contribution in [2.45, 2.75) is 6.18 Å². The smallest absolute Gasteiger partial charge is 0.320 e. The fraction of sp³-hybridized carbons (Fsp3) is 0.182. The summed E-state index contributed by atoms with van der Waals surface area (Å²) in [7, 11) is 1.53. The van der Waals surface area contributed by atoms with E-state index in [2.05, 4.69) is 15.6 Å². The Bertz CT molecular complexity index is 653. The molecular formula is C11H8ClF3N4O. The number of benzene rings is 1. The molecule has 0 unspecified atom stereocenters. The summed E-state index contributed by atoms with van der Waals surface area (Å²) in [6, 6.07) is 3.08. The van der Waals surface area contributed by atoms with Gasteiger partial charge in [-0.3, -0.25) is 9.48 Å². The lowest BCUT2D eigenvalue weighted by molar-refractivity contribution is -0.136. The molecule has 0 aliphatic heterocycles. The Kier molecular flexibility index (Phi) is 3.67. The van der Waals surface area contributed by atoms with Crippen molar-refractivity contribution < 1.29 is 18.0 Å². The highest BCUT2D eigenvalue weighted by atomic mass is 35.5. The average molecular weight is 305 g/mol. The summed E-state index contributed by atoms with van der Waals surface area (Å²) in [5, 5.41) is 9.11. The molecule has 1 aromatic heterocycles. The van der Waals surface area contributed by atoms with Crippen LogP contribution in [0.15, 0.2) is 24.4 Å². The molecule has 0 radical (unpaired) electrons. The molecule has 1 heterocycles. The van der Waals surface area contributed by atoms with Gasteiger partial charge in [0.1, 0.15) is 0 Å². The molecule has 0 bridgehead atoms. The molecule has 2 rings (SSSR count). The van der Waals surface area contributed by atoms with Crippen molar-refractivity contribution in [3.05, 3.63) is 40.7 Å². The first-order valence-corrected chi connectivity index (χ1v) is 5.69. The van der Waals surface area contributed by atoms with Crippen LogP contribution in [0.2, 0.25) is 5.02 Å². The van der Waals surface area contributed by atoms with Crippen LogP contribution in [-0.2, 0) is 13.2 Å². The number of aromatic nitrogens is 3. The Morgan fingerprint density at radius 1 is 1.40 bits per heavy atom. The van der Waals surface area contributed by atoms with Crippen molar-refractivity contribution in [3.63, 3.8) is 0 Å². The van der Waals surface area contributed by atoms with Gasteiger partial charge in [0, 0.05) is 12.1 Å². The highest BCUT2D eigenvalue weighted by Gasteiger charge is 2.34. The number of aryl methyl sites for hydroxylation is 1. The molecule has 0 atom stereocenters. The van der Waals surface area contributed by atoms with Crippen LogP contribution in [-0.4, -0.2) is 20.9 Å². The average Bonchev–Trinajstić information content (AvgIpc) is 2.77. The Morgan fingerprint density at radius 2 is 2.10 bits per heavy atom. The van der Waals surface area contributed by atoms with Gasteiger partial charge in [-0.15, -0.1) is 5.10 Å². The third-order valence-corrected chi connectivity index (χ3v) is 2.61. The minimum Gasteiger partial charge on any atom is -0.320 e. The van der Waals surface area contributed by atoms with Gasteiger partial charge >= 0.3 is 6.18 Å². The summed E-state index contributed by atoms with van der Waals surface area (Å²) >= 11 is 5.54. The van der Waals surface area contributed by atoms with Gasteiger partial charge in [-0.25, -0.2) is 0 Å². The molecule has 0 aliphatic carbocycles. The number of carbonyl (C=O) groups excluding carboxylic acids is 1. The van der Waals surface area contributed by atoms with Crippen LogP contribution < -0.4 is 5.32 Å². The number of nitrogens with one attached hydrogen (secondary N) is 1. The van der Waals surface area contributed by atoms with Crippen molar-refractivity contribution >= 4 is 23.2 Å². The van der Waals surface area contributed by atoms with E-state index in [1.807, 2.05) is 0 Å². The summed E-state index contributed by atoms with van der Waals surface area (Å²) < 4.78 is 39.8. The monoisotopic (exact) mass is 304 g/mol. The summed E-state index contributed by atoms with van der Waals surface area (Å²) in [6.45, 7) is 0. The molecule has 1 N–H and O–H groups in total. The molecule has 20 heavy (non-hydrogen) atoms. The van der Waals surface area contributed by atoms with Gasteiger partial charge in [0.05, 0.1) is 17.4 Å². The van der Waals surface area contributed by atoms with E-state index < -0.39 is 23.3 Å². The third kappa shape index (κ3) is 3.08. The second-order valence-corrected chi connectivity index (χ2v) is 4.36. The van der Waals surface area contributed by atoms with Crippen LogP contribution in [0.4, 0.5) is 18.9 Å². The number of alkyl halides is 3. The second-order valence-electron chi connectivity index (χ2n) is 3.92. The topological polar surface area (TPSA) is 59.8 Å². The quantitative estimate of drug-likeness (QED) is 0.928. The van der Waals surface area contributed by atoms with E-state index in [-0.39, 0.29) is 10.7 Å².